The third-order valence-corrected chi connectivity index (χ3v) is 6.00. The zero-order valence-corrected chi connectivity index (χ0v) is 18.4. The fraction of sp³-hybridized carbons (Fsp3) is 0.269. The van der Waals surface area contributed by atoms with Crippen molar-refractivity contribution in [3.05, 3.63) is 84.1 Å². The van der Waals surface area contributed by atoms with Crippen LogP contribution in [0.25, 0.3) is 21.7 Å². The van der Waals surface area contributed by atoms with Gasteiger partial charge in [0.2, 0.25) is 0 Å². The smallest absolute Gasteiger partial charge is 0.475 e. The molecule has 0 amide bonds. The fourth-order valence-corrected chi connectivity index (χ4v) is 4.25. The number of carboxylic acid groups (broad SMARTS) is 1. The Hall–Kier alpha value is -3.36. The van der Waals surface area contributed by atoms with E-state index in [1.165, 1.54) is 45.6 Å². The molecule has 0 aliphatic carbocycles. The van der Waals surface area contributed by atoms with Crippen LogP contribution in [-0.4, -0.2) is 41.4 Å². The van der Waals surface area contributed by atoms with Gasteiger partial charge in [-0.15, -0.1) is 0 Å². The van der Waals surface area contributed by atoms with Gasteiger partial charge in [-0.2, -0.15) is 13.2 Å². The number of piperidine rings is 1. The van der Waals surface area contributed by atoms with Crippen LogP contribution < -0.4 is 10.6 Å². The summed E-state index contributed by atoms with van der Waals surface area (Å²) in [7, 11) is 0. The molecule has 1 fully saturated rings. The van der Waals surface area contributed by atoms with Crippen molar-refractivity contribution in [2.45, 2.75) is 31.1 Å². The van der Waals surface area contributed by atoms with Gasteiger partial charge in [-0.1, -0.05) is 42.5 Å². The van der Waals surface area contributed by atoms with Crippen LogP contribution in [0.15, 0.2) is 72.9 Å². The average molecular weight is 470 g/mol. The molecule has 1 aliphatic rings. The Morgan fingerprint density at radius 2 is 1.53 bits per heavy atom. The standard InChI is InChI=1S/C24H25N3.C2HF3O2/c1-2-4-18-15-20(6-5-17(18)3-1)24(27-22-10-12-25-13-11-22)21-7-8-23-19(16-21)9-14-26-23;3-2(4,5)1(6)7/h1-9,14-16,22,24-27H,10-13H2;(H,6,7). The van der Waals surface area contributed by atoms with Crippen molar-refractivity contribution in [2.24, 2.45) is 0 Å². The molecule has 4 N–H and O–H groups in total. The molecule has 0 saturated carbocycles. The maximum Gasteiger partial charge on any atom is 0.490 e. The lowest BCUT2D eigenvalue weighted by molar-refractivity contribution is -0.192. The minimum Gasteiger partial charge on any atom is -0.475 e. The number of hydrogen-bond donors (Lipinski definition) is 4. The number of alkyl halides is 3. The summed E-state index contributed by atoms with van der Waals surface area (Å²) in [5.41, 5.74) is 3.86. The summed E-state index contributed by atoms with van der Waals surface area (Å²) in [6.45, 7) is 2.19. The first-order chi connectivity index (χ1) is 16.3. The molecule has 1 atom stereocenters. The summed E-state index contributed by atoms with van der Waals surface area (Å²) < 4.78 is 31.7. The number of hydrogen-bond acceptors (Lipinski definition) is 3. The van der Waals surface area contributed by atoms with Crippen LogP contribution in [0.1, 0.15) is 30.0 Å². The number of nitrogens with one attached hydrogen (secondary N) is 3. The van der Waals surface area contributed by atoms with Gasteiger partial charge in [-0.3, -0.25) is 0 Å². The maximum atomic E-state index is 10.6. The molecule has 0 bridgehead atoms. The van der Waals surface area contributed by atoms with Crippen LogP contribution in [0.2, 0.25) is 0 Å². The Morgan fingerprint density at radius 1 is 0.912 bits per heavy atom. The molecule has 1 aliphatic heterocycles. The Kier molecular flexibility index (Phi) is 7.19. The van der Waals surface area contributed by atoms with Crippen LogP contribution in [-0.2, 0) is 4.79 Å². The van der Waals surface area contributed by atoms with Gasteiger partial charge in [0.25, 0.3) is 0 Å². The van der Waals surface area contributed by atoms with E-state index in [2.05, 4.69) is 82.3 Å². The van der Waals surface area contributed by atoms with E-state index < -0.39 is 12.1 Å². The van der Waals surface area contributed by atoms with Crippen molar-refractivity contribution in [2.75, 3.05) is 13.1 Å². The monoisotopic (exact) mass is 469 g/mol. The van der Waals surface area contributed by atoms with Crippen LogP contribution in [0.5, 0.6) is 0 Å². The Morgan fingerprint density at radius 3 is 2.21 bits per heavy atom. The van der Waals surface area contributed by atoms with Gasteiger partial charge in [-0.05, 0) is 77.5 Å². The van der Waals surface area contributed by atoms with E-state index in [1.807, 2.05) is 6.20 Å². The largest absolute Gasteiger partial charge is 0.490 e. The van der Waals surface area contributed by atoms with Crippen LogP contribution in [0, 0.1) is 0 Å². The molecule has 5 rings (SSSR count). The first kappa shape index (κ1) is 23.8. The van der Waals surface area contributed by atoms with E-state index >= 15 is 0 Å². The van der Waals surface area contributed by atoms with Crippen molar-refractivity contribution in [3.8, 4) is 0 Å². The molecule has 178 valence electrons. The highest BCUT2D eigenvalue weighted by molar-refractivity contribution is 5.84. The second-order valence-electron chi connectivity index (χ2n) is 8.36. The topological polar surface area (TPSA) is 77.2 Å². The third-order valence-electron chi connectivity index (χ3n) is 6.00. The van der Waals surface area contributed by atoms with E-state index in [0.717, 1.165) is 13.1 Å². The van der Waals surface area contributed by atoms with Gasteiger partial charge in [-0.25, -0.2) is 4.79 Å². The minimum atomic E-state index is -5.08. The molecule has 5 nitrogen and oxygen atoms in total. The molecule has 34 heavy (non-hydrogen) atoms. The summed E-state index contributed by atoms with van der Waals surface area (Å²) in [6.07, 6.45) is -0.716. The van der Waals surface area contributed by atoms with E-state index in [9.17, 15) is 13.2 Å². The Balaban J connectivity index is 0.000000344. The number of benzene rings is 3. The molecule has 3 aromatic carbocycles. The SMILES string of the molecule is O=C(O)C(F)(F)F.c1ccc2cc(C(NC3CCNCC3)c3ccc4[nH]ccc4c3)ccc2c1. The van der Waals surface area contributed by atoms with E-state index in [4.69, 9.17) is 9.90 Å². The van der Waals surface area contributed by atoms with Gasteiger partial charge in [0.05, 0.1) is 6.04 Å². The number of fused-ring (bicyclic) bond motifs is 2. The van der Waals surface area contributed by atoms with Crippen LogP contribution >= 0.6 is 0 Å². The molecular formula is C26H26F3N3O2. The highest BCUT2D eigenvalue weighted by Gasteiger charge is 2.38. The first-order valence-corrected chi connectivity index (χ1v) is 11.1. The van der Waals surface area contributed by atoms with Crippen molar-refractivity contribution in [3.63, 3.8) is 0 Å². The highest BCUT2D eigenvalue weighted by atomic mass is 19.4. The maximum absolute atomic E-state index is 10.6. The number of aliphatic carboxylic acids is 1. The van der Waals surface area contributed by atoms with Gasteiger partial charge < -0.3 is 20.7 Å². The number of carboxylic acids is 1. The molecule has 2 heterocycles. The lowest BCUT2D eigenvalue weighted by Gasteiger charge is -2.30. The molecule has 0 spiro atoms. The summed E-state index contributed by atoms with van der Waals surface area (Å²) in [5.74, 6) is -2.76. The van der Waals surface area contributed by atoms with E-state index in [-0.39, 0.29) is 6.04 Å². The number of rotatable bonds is 4. The summed E-state index contributed by atoms with van der Waals surface area (Å²) >= 11 is 0. The quantitative estimate of drug-likeness (QED) is 0.323. The lowest BCUT2D eigenvalue weighted by Crippen LogP contribution is -2.41. The first-order valence-electron chi connectivity index (χ1n) is 11.1. The molecule has 4 aromatic rings. The zero-order chi connectivity index (χ0) is 24.1. The van der Waals surface area contributed by atoms with Crippen LogP contribution in [0.3, 0.4) is 0 Å². The fourth-order valence-electron chi connectivity index (χ4n) is 4.25. The van der Waals surface area contributed by atoms with Crippen molar-refractivity contribution in [1.82, 2.24) is 15.6 Å². The lowest BCUT2D eigenvalue weighted by atomic mass is 9.93. The molecule has 1 unspecified atom stereocenters. The number of halogens is 3. The van der Waals surface area contributed by atoms with Crippen molar-refractivity contribution in [1.29, 1.82) is 0 Å². The van der Waals surface area contributed by atoms with E-state index in [1.54, 1.807) is 0 Å². The number of H-pyrrole nitrogens is 1. The summed E-state index contributed by atoms with van der Waals surface area (Å²) in [6, 6.07) is 25.2. The van der Waals surface area contributed by atoms with Gasteiger partial charge in [0, 0.05) is 17.8 Å². The highest BCUT2D eigenvalue weighted by Crippen LogP contribution is 2.29. The third kappa shape index (κ3) is 5.76. The summed E-state index contributed by atoms with van der Waals surface area (Å²) in [5, 5.41) is 18.4. The normalized spacial score (nSPS) is 15.6. The second kappa shape index (κ2) is 10.3. The molecule has 0 radical (unpaired) electrons. The molecule has 8 heteroatoms. The van der Waals surface area contributed by atoms with Gasteiger partial charge in [0.1, 0.15) is 0 Å². The van der Waals surface area contributed by atoms with Crippen molar-refractivity contribution < 1.29 is 23.1 Å². The Labute approximate surface area is 195 Å². The molecule has 1 saturated heterocycles. The Bertz CT molecular complexity index is 1260. The predicted octanol–water partition coefficient (Wildman–Crippen LogP) is 5.39. The van der Waals surface area contributed by atoms with Gasteiger partial charge in [0.15, 0.2) is 0 Å². The number of aromatic amines is 1. The zero-order valence-electron chi connectivity index (χ0n) is 18.4. The van der Waals surface area contributed by atoms with Crippen LogP contribution in [0.4, 0.5) is 13.2 Å². The van der Waals surface area contributed by atoms with E-state index in [0.29, 0.717) is 6.04 Å². The number of aromatic nitrogens is 1. The second-order valence-corrected chi connectivity index (χ2v) is 8.36. The predicted molar refractivity (Wildman–Crippen MR) is 127 cm³/mol. The number of carbonyl (C=O) groups is 1. The average Bonchev–Trinajstić information content (AvgIpc) is 3.31. The summed E-state index contributed by atoms with van der Waals surface area (Å²) in [4.78, 5) is 12.2. The van der Waals surface area contributed by atoms with Crippen molar-refractivity contribution >= 4 is 27.6 Å². The molecular weight excluding hydrogens is 443 g/mol. The minimum absolute atomic E-state index is 0.206. The molecule has 1 aromatic heterocycles. The van der Waals surface area contributed by atoms with Gasteiger partial charge >= 0.3 is 12.1 Å².